The Morgan fingerprint density at radius 2 is 2.38 bits per heavy atom. The van der Waals surface area contributed by atoms with E-state index in [1.165, 1.54) is 12.3 Å². The third kappa shape index (κ3) is 2.15. The lowest BCUT2D eigenvalue weighted by molar-refractivity contribution is 0.260. The molecule has 0 spiro atoms. The van der Waals surface area contributed by atoms with Gasteiger partial charge in [0.1, 0.15) is 23.5 Å². The third-order valence-corrected chi connectivity index (χ3v) is 2.27. The first-order valence-corrected chi connectivity index (χ1v) is 4.89. The van der Waals surface area contributed by atoms with Crippen molar-refractivity contribution in [3.8, 4) is 11.9 Å². The van der Waals surface area contributed by atoms with E-state index in [9.17, 15) is 0 Å². The Hall–Kier alpha value is -1.99. The van der Waals surface area contributed by atoms with Crippen molar-refractivity contribution < 1.29 is 9.15 Å². The Morgan fingerprint density at radius 1 is 1.50 bits per heavy atom. The number of halogens is 1. The maximum Gasteiger partial charge on any atom is 0.234 e. The lowest BCUT2D eigenvalue weighted by Crippen LogP contribution is -1.97. The Morgan fingerprint density at radius 3 is 3.06 bits per heavy atom. The summed E-state index contributed by atoms with van der Waals surface area (Å²) in [4.78, 5) is 3.94. The van der Waals surface area contributed by atoms with Crippen LogP contribution in [0.25, 0.3) is 0 Å². The van der Waals surface area contributed by atoms with Crippen LogP contribution in [0.1, 0.15) is 11.3 Å². The van der Waals surface area contributed by atoms with E-state index in [1.54, 1.807) is 18.4 Å². The molecular formula is C11H7ClN2O2. The smallest absolute Gasteiger partial charge is 0.234 e. The van der Waals surface area contributed by atoms with Crippen molar-refractivity contribution in [2.75, 3.05) is 0 Å². The molecule has 4 nitrogen and oxygen atoms in total. The molecule has 0 aliphatic carbocycles. The maximum absolute atomic E-state index is 8.76. The summed E-state index contributed by atoms with van der Waals surface area (Å²) in [5.41, 5.74) is 0.339. The molecule has 16 heavy (non-hydrogen) atoms. The van der Waals surface area contributed by atoms with E-state index in [1.807, 2.05) is 6.07 Å². The number of hydrogen-bond acceptors (Lipinski definition) is 4. The Kier molecular flexibility index (Phi) is 3.08. The number of nitriles is 1. The number of furan rings is 1. The summed E-state index contributed by atoms with van der Waals surface area (Å²) in [6, 6.07) is 7.03. The van der Waals surface area contributed by atoms with Gasteiger partial charge in [0.15, 0.2) is 0 Å². The molecule has 2 aromatic rings. The second-order valence-electron chi connectivity index (χ2n) is 2.96. The molecule has 0 aliphatic rings. The molecule has 0 amide bonds. The SMILES string of the molecule is N#Cc1ccnc(OCc2ccco2)c1Cl. The van der Waals surface area contributed by atoms with Gasteiger partial charge in [-0.1, -0.05) is 11.6 Å². The van der Waals surface area contributed by atoms with Crippen molar-refractivity contribution in [1.82, 2.24) is 4.98 Å². The van der Waals surface area contributed by atoms with Crippen LogP contribution in [0.15, 0.2) is 35.1 Å². The first-order chi connectivity index (χ1) is 7.81. The van der Waals surface area contributed by atoms with Crippen LogP contribution in [-0.2, 0) is 6.61 Å². The normalized spacial score (nSPS) is 9.75. The second kappa shape index (κ2) is 4.69. The van der Waals surface area contributed by atoms with Gasteiger partial charge in [0, 0.05) is 6.20 Å². The number of pyridine rings is 1. The fourth-order valence-corrected chi connectivity index (χ4v) is 1.35. The molecule has 80 valence electrons. The van der Waals surface area contributed by atoms with Gasteiger partial charge in [0.2, 0.25) is 5.88 Å². The molecular weight excluding hydrogens is 228 g/mol. The van der Waals surface area contributed by atoms with E-state index < -0.39 is 0 Å². The highest BCUT2D eigenvalue weighted by molar-refractivity contribution is 6.32. The molecule has 2 aromatic heterocycles. The summed E-state index contributed by atoms with van der Waals surface area (Å²) in [7, 11) is 0. The summed E-state index contributed by atoms with van der Waals surface area (Å²) in [6.45, 7) is 0.231. The average Bonchev–Trinajstić information content (AvgIpc) is 2.81. The quantitative estimate of drug-likeness (QED) is 0.819. The lowest BCUT2D eigenvalue weighted by Gasteiger charge is -2.05. The minimum atomic E-state index is 0.219. The first-order valence-electron chi connectivity index (χ1n) is 4.51. The average molecular weight is 235 g/mol. The predicted molar refractivity (Wildman–Crippen MR) is 57.0 cm³/mol. The Labute approximate surface area is 97.0 Å². The summed E-state index contributed by atoms with van der Waals surface area (Å²) in [5, 5.41) is 8.98. The highest BCUT2D eigenvalue weighted by Crippen LogP contribution is 2.25. The van der Waals surface area contributed by atoms with Crippen LogP contribution >= 0.6 is 11.6 Å². The van der Waals surface area contributed by atoms with E-state index in [0.717, 1.165) is 0 Å². The number of hydrogen-bond donors (Lipinski definition) is 0. The van der Waals surface area contributed by atoms with Crippen molar-refractivity contribution >= 4 is 11.6 Å². The zero-order valence-corrected chi connectivity index (χ0v) is 8.94. The molecule has 2 rings (SSSR count). The van der Waals surface area contributed by atoms with Gasteiger partial charge in [0.25, 0.3) is 0 Å². The number of nitrogens with zero attached hydrogens (tertiary/aromatic N) is 2. The van der Waals surface area contributed by atoms with E-state index in [0.29, 0.717) is 11.3 Å². The molecule has 0 fully saturated rings. The monoisotopic (exact) mass is 234 g/mol. The zero-order chi connectivity index (χ0) is 11.4. The fraction of sp³-hybridized carbons (Fsp3) is 0.0909. The molecule has 2 heterocycles. The molecule has 0 atom stereocenters. The zero-order valence-electron chi connectivity index (χ0n) is 8.18. The van der Waals surface area contributed by atoms with Gasteiger partial charge in [-0.05, 0) is 18.2 Å². The standard InChI is InChI=1S/C11H7ClN2O2/c12-10-8(6-13)3-4-14-11(10)16-7-9-2-1-5-15-9/h1-5H,7H2. The summed E-state index contributed by atoms with van der Waals surface area (Å²) < 4.78 is 10.4. The van der Waals surface area contributed by atoms with Crippen LogP contribution < -0.4 is 4.74 Å². The van der Waals surface area contributed by atoms with Gasteiger partial charge >= 0.3 is 0 Å². The van der Waals surface area contributed by atoms with E-state index in [-0.39, 0.29) is 17.5 Å². The predicted octanol–water partition coefficient (Wildman–Crippen LogP) is 2.78. The third-order valence-electron chi connectivity index (χ3n) is 1.91. The second-order valence-corrected chi connectivity index (χ2v) is 3.34. The first kappa shape index (κ1) is 10.5. The highest BCUT2D eigenvalue weighted by atomic mass is 35.5. The molecule has 0 radical (unpaired) electrons. The van der Waals surface area contributed by atoms with Crippen molar-refractivity contribution in [1.29, 1.82) is 5.26 Å². The van der Waals surface area contributed by atoms with Crippen LogP contribution in [0.4, 0.5) is 0 Å². The van der Waals surface area contributed by atoms with Crippen molar-refractivity contribution in [2.24, 2.45) is 0 Å². The number of rotatable bonds is 3. The minimum Gasteiger partial charge on any atom is -0.468 e. The molecule has 0 N–H and O–H groups in total. The maximum atomic E-state index is 8.76. The lowest BCUT2D eigenvalue weighted by atomic mass is 10.3. The topological polar surface area (TPSA) is 59.0 Å². The van der Waals surface area contributed by atoms with Gasteiger partial charge in [-0.3, -0.25) is 0 Å². The van der Waals surface area contributed by atoms with E-state index >= 15 is 0 Å². The highest BCUT2D eigenvalue weighted by Gasteiger charge is 2.08. The minimum absolute atomic E-state index is 0.219. The van der Waals surface area contributed by atoms with Crippen LogP contribution in [0.2, 0.25) is 5.02 Å². The van der Waals surface area contributed by atoms with Gasteiger partial charge in [-0.25, -0.2) is 4.98 Å². The van der Waals surface area contributed by atoms with E-state index in [4.69, 9.17) is 26.0 Å². The van der Waals surface area contributed by atoms with E-state index in [2.05, 4.69) is 4.98 Å². The molecule has 0 aromatic carbocycles. The number of aromatic nitrogens is 1. The molecule has 0 aliphatic heterocycles. The van der Waals surface area contributed by atoms with Crippen molar-refractivity contribution in [3.05, 3.63) is 47.0 Å². The Bertz CT molecular complexity index is 517. The van der Waals surface area contributed by atoms with Crippen molar-refractivity contribution in [2.45, 2.75) is 6.61 Å². The van der Waals surface area contributed by atoms with Gasteiger partial charge in [0.05, 0.1) is 11.8 Å². The van der Waals surface area contributed by atoms with Crippen LogP contribution in [0, 0.1) is 11.3 Å². The van der Waals surface area contributed by atoms with Crippen molar-refractivity contribution in [3.63, 3.8) is 0 Å². The molecule has 0 bridgehead atoms. The summed E-state index contributed by atoms with van der Waals surface area (Å²) in [6.07, 6.45) is 3.03. The largest absolute Gasteiger partial charge is 0.468 e. The van der Waals surface area contributed by atoms with Crippen LogP contribution in [-0.4, -0.2) is 4.98 Å². The molecule has 0 unspecified atom stereocenters. The fourth-order valence-electron chi connectivity index (χ4n) is 1.15. The van der Waals surface area contributed by atoms with Crippen LogP contribution in [0.5, 0.6) is 5.88 Å². The van der Waals surface area contributed by atoms with Gasteiger partial charge in [-0.15, -0.1) is 0 Å². The summed E-state index contributed by atoms with van der Waals surface area (Å²) >= 11 is 5.91. The molecule has 5 heteroatoms. The number of ether oxygens (including phenoxy) is 1. The molecule has 0 saturated heterocycles. The Balaban J connectivity index is 2.13. The summed E-state index contributed by atoms with van der Waals surface area (Å²) in [5.74, 6) is 0.900. The van der Waals surface area contributed by atoms with Crippen LogP contribution in [0.3, 0.4) is 0 Å². The molecule has 0 saturated carbocycles. The van der Waals surface area contributed by atoms with Gasteiger partial charge in [-0.2, -0.15) is 5.26 Å². The van der Waals surface area contributed by atoms with Gasteiger partial charge < -0.3 is 9.15 Å².